The zero-order chi connectivity index (χ0) is 23.1. The van der Waals surface area contributed by atoms with Crippen LogP contribution in [0.4, 0.5) is 0 Å². The van der Waals surface area contributed by atoms with E-state index in [4.69, 9.17) is 14.2 Å². The van der Waals surface area contributed by atoms with Crippen molar-refractivity contribution in [3.8, 4) is 0 Å². The van der Waals surface area contributed by atoms with Crippen LogP contribution < -0.4 is 10.6 Å². The van der Waals surface area contributed by atoms with E-state index in [1.165, 1.54) is 0 Å². The molecular formula is C21H39N5O5. The number of nitrogens with one attached hydrogen (secondary N) is 2. The molecule has 0 bridgehead atoms. The number of nitrogens with zero attached hydrogens (tertiary/aromatic N) is 3. The van der Waals surface area contributed by atoms with Gasteiger partial charge < -0.3 is 24.8 Å². The molecule has 0 fully saturated rings. The van der Waals surface area contributed by atoms with E-state index in [-0.39, 0.29) is 23.8 Å². The second-order valence-electron chi connectivity index (χ2n) is 8.03. The van der Waals surface area contributed by atoms with Crippen LogP contribution in [0.2, 0.25) is 0 Å². The van der Waals surface area contributed by atoms with E-state index < -0.39 is 0 Å². The van der Waals surface area contributed by atoms with E-state index in [0.717, 1.165) is 0 Å². The van der Waals surface area contributed by atoms with Gasteiger partial charge in [-0.15, -0.1) is 5.10 Å². The van der Waals surface area contributed by atoms with Gasteiger partial charge in [0.15, 0.2) is 0 Å². The lowest BCUT2D eigenvalue weighted by Gasteiger charge is -2.17. The average molecular weight is 442 g/mol. The van der Waals surface area contributed by atoms with Crippen LogP contribution in [-0.2, 0) is 36.9 Å². The van der Waals surface area contributed by atoms with Gasteiger partial charge in [-0.05, 0) is 12.8 Å². The van der Waals surface area contributed by atoms with Gasteiger partial charge in [0, 0.05) is 18.4 Å². The van der Waals surface area contributed by atoms with Crippen molar-refractivity contribution in [2.45, 2.75) is 60.2 Å². The van der Waals surface area contributed by atoms with Crippen molar-refractivity contribution in [1.82, 2.24) is 25.6 Å². The number of hydrogen-bond donors (Lipinski definition) is 2. The highest BCUT2D eigenvalue weighted by Gasteiger charge is 2.10. The Morgan fingerprint density at radius 2 is 1.58 bits per heavy atom. The molecule has 178 valence electrons. The van der Waals surface area contributed by atoms with Crippen molar-refractivity contribution in [3.63, 3.8) is 0 Å². The first-order chi connectivity index (χ1) is 14.8. The van der Waals surface area contributed by atoms with Gasteiger partial charge in [-0.3, -0.25) is 9.59 Å². The fourth-order valence-corrected chi connectivity index (χ4v) is 2.27. The van der Waals surface area contributed by atoms with Gasteiger partial charge in [0.05, 0.1) is 58.9 Å². The molecule has 1 atom stereocenters. The summed E-state index contributed by atoms with van der Waals surface area (Å²) < 4.78 is 18.1. The van der Waals surface area contributed by atoms with Gasteiger partial charge in [0.2, 0.25) is 11.8 Å². The van der Waals surface area contributed by atoms with Crippen LogP contribution in [0.1, 0.15) is 46.7 Å². The van der Waals surface area contributed by atoms with Crippen LogP contribution in [0.5, 0.6) is 0 Å². The van der Waals surface area contributed by atoms with Gasteiger partial charge >= 0.3 is 0 Å². The van der Waals surface area contributed by atoms with E-state index >= 15 is 0 Å². The maximum Gasteiger partial charge on any atom is 0.222 e. The van der Waals surface area contributed by atoms with Gasteiger partial charge in [-0.25, -0.2) is 4.68 Å². The van der Waals surface area contributed by atoms with Crippen LogP contribution >= 0.6 is 0 Å². The van der Waals surface area contributed by atoms with Gasteiger partial charge in [0.1, 0.15) is 5.69 Å². The summed E-state index contributed by atoms with van der Waals surface area (Å²) in [5, 5.41) is 13.8. The smallest absolute Gasteiger partial charge is 0.222 e. The zero-order valence-corrected chi connectivity index (χ0v) is 19.6. The molecule has 0 saturated carbocycles. The van der Waals surface area contributed by atoms with E-state index in [1.807, 2.05) is 20.8 Å². The van der Waals surface area contributed by atoms with Crippen LogP contribution in [0.15, 0.2) is 6.20 Å². The Bertz CT molecular complexity index is 635. The standard InChI is InChI=1S/C21H39N5O5/c1-16(2)18(5)23-20(27)6-8-29-10-12-31-13-11-30-9-7-26-15-19(24-25-26)14-22-21(28)17(3)4/h15-18H,6-14H2,1-5H3,(H,22,28)(H,23,27). The normalized spacial score (nSPS) is 12.4. The summed E-state index contributed by atoms with van der Waals surface area (Å²) in [6.45, 7) is 13.5. The zero-order valence-electron chi connectivity index (χ0n) is 19.6. The van der Waals surface area contributed by atoms with Crippen molar-refractivity contribution < 1.29 is 23.8 Å². The minimum atomic E-state index is -0.0535. The second-order valence-corrected chi connectivity index (χ2v) is 8.03. The maximum atomic E-state index is 11.7. The van der Waals surface area contributed by atoms with E-state index in [2.05, 4.69) is 34.8 Å². The molecule has 10 nitrogen and oxygen atoms in total. The molecule has 0 aliphatic carbocycles. The van der Waals surface area contributed by atoms with Crippen molar-refractivity contribution in [1.29, 1.82) is 0 Å². The lowest BCUT2D eigenvalue weighted by molar-refractivity contribution is -0.124. The third-order valence-corrected chi connectivity index (χ3v) is 4.63. The van der Waals surface area contributed by atoms with Gasteiger partial charge in [-0.2, -0.15) is 0 Å². The molecule has 1 aromatic rings. The third-order valence-electron chi connectivity index (χ3n) is 4.63. The van der Waals surface area contributed by atoms with Crippen LogP contribution in [0.3, 0.4) is 0 Å². The quantitative estimate of drug-likeness (QED) is 0.348. The molecule has 1 unspecified atom stereocenters. The van der Waals surface area contributed by atoms with E-state index in [1.54, 1.807) is 10.9 Å². The molecule has 2 amide bonds. The number of aromatic nitrogens is 3. The van der Waals surface area contributed by atoms with Crippen molar-refractivity contribution in [3.05, 3.63) is 11.9 Å². The summed E-state index contributed by atoms with van der Waals surface area (Å²) in [7, 11) is 0. The third kappa shape index (κ3) is 13.1. The number of ether oxygens (including phenoxy) is 3. The first-order valence-electron chi connectivity index (χ1n) is 11.0. The van der Waals surface area contributed by atoms with Gasteiger partial charge in [-0.1, -0.05) is 32.9 Å². The summed E-state index contributed by atoms with van der Waals surface area (Å²) >= 11 is 0. The molecule has 0 aliphatic rings. The Morgan fingerprint density at radius 1 is 0.968 bits per heavy atom. The number of carbonyl (C=O) groups is 2. The molecule has 1 aromatic heterocycles. The van der Waals surface area contributed by atoms with E-state index in [0.29, 0.717) is 70.8 Å². The number of carbonyl (C=O) groups excluding carboxylic acids is 2. The molecule has 0 radical (unpaired) electrons. The average Bonchev–Trinajstić information content (AvgIpc) is 3.17. The van der Waals surface area contributed by atoms with Crippen molar-refractivity contribution in [2.24, 2.45) is 11.8 Å². The molecule has 2 N–H and O–H groups in total. The molecule has 1 rings (SSSR count). The largest absolute Gasteiger partial charge is 0.379 e. The lowest BCUT2D eigenvalue weighted by atomic mass is 10.1. The van der Waals surface area contributed by atoms with Crippen molar-refractivity contribution >= 4 is 11.8 Å². The molecule has 0 aliphatic heterocycles. The number of amides is 2. The highest BCUT2D eigenvalue weighted by molar-refractivity contribution is 5.77. The molecule has 10 heteroatoms. The SMILES string of the molecule is CC(C)C(=O)NCc1cn(CCOCCOCCOCCC(=O)NC(C)C(C)C)nn1. The first-order valence-corrected chi connectivity index (χ1v) is 11.0. The van der Waals surface area contributed by atoms with Crippen molar-refractivity contribution in [2.75, 3.05) is 39.6 Å². The molecule has 0 saturated heterocycles. The molecule has 0 spiro atoms. The Kier molecular flexibility index (Phi) is 13.7. The maximum absolute atomic E-state index is 11.7. The topological polar surface area (TPSA) is 117 Å². The summed E-state index contributed by atoms with van der Waals surface area (Å²) in [6.07, 6.45) is 2.15. The number of rotatable bonds is 17. The molecular weight excluding hydrogens is 402 g/mol. The van der Waals surface area contributed by atoms with E-state index in [9.17, 15) is 9.59 Å². The second kappa shape index (κ2) is 15.7. The van der Waals surface area contributed by atoms with Crippen LogP contribution in [-0.4, -0.2) is 72.5 Å². The first kappa shape index (κ1) is 27.0. The summed E-state index contributed by atoms with van der Waals surface area (Å²) in [5.41, 5.74) is 0.712. The minimum Gasteiger partial charge on any atom is -0.379 e. The fraction of sp³-hybridized carbons (Fsp3) is 0.810. The minimum absolute atomic E-state index is 0.00921. The Hall–Kier alpha value is -2.04. The van der Waals surface area contributed by atoms with Crippen LogP contribution in [0.25, 0.3) is 0 Å². The lowest BCUT2D eigenvalue weighted by Crippen LogP contribution is -2.36. The highest BCUT2D eigenvalue weighted by atomic mass is 16.5. The molecule has 0 aromatic carbocycles. The summed E-state index contributed by atoms with van der Waals surface area (Å²) in [6, 6.07) is 0.167. The molecule has 31 heavy (non-hydrogen) atoms. The Balaban J connectivity index is 1.94. The predicted molar refractivity (Wildman–Crippen MR) is 116 cm³/mol. The van der Waals surface area contributed by atoms with Crippen LogP contribution in [0, 0.1) is 11.8 Å². The number of hydrogen-bond acceptors (Lipinski definition) is 7. The molecule has 1 heterocycles. The summed E-state index contributed by atoms with van der Waals surface area (Å²) in [4.78, 5) is 23.3. The Morgan fingerprint density at radius 3 is 2.19 bits per heavy atom. The Labute approximate surface area is 185 Å². The predicted octanol–water partition coefficient (Wildman–Crippen LogP) is 1.15. The fourth-order valence-electron chi connectivity index (χ4n) is 2.27. The monoisotopic (exact) mass is 441 g/mol. The summed E-state index contributed by atoms with van der Waals surface area (Å²) in [5.74, 6) is 0.362. The van der Waals surface area contributed by atoms with Gasteiger partial charge in [0.25, 0.3) is 0 Å². The highest BCUT2D eigenvalue weighted by Crippen LogP contribution is 2.00.